The van der Waals surface area contributed by atoms with Crippen molar-refractivity contribution < 1.29 is 28.7 Å². The minimum atomic E-state index is -1.38. The molecule has 1 aliphatic rings. The molecule has 1 fully saturated rings. The van der Waals surface area contributed by atoms with Gasteiger partial charge in [-0.3, -0.25) is 4.79 Å². The van der Waals surface area contributed by atoms with E-state index in [0.29, 0.717) is 56.2 Å². The second-order valence-corrected chi connectivity index (χ2v) is 10.4. The summed E-state index contributed by atoms with van der Waals surface area (Å²) in [5.41, 5.74) is 2.92. The average molecular weight is 551 g/mol. The van der Waals surface area contributed by atoms with Gasteiger partial charge in [0, 0.05) is 32.1 Å². The molecule has 10 nitrogen and oxygen atoms in total. The lowest BCUT2D eigenvalue weighted by molar-refractivity contribution is -0.149. The molecule has 3 aromatic rings. The predicted molar refractivity (Wildman–Crippen MR) is 148 cm³/mol. The molecule has 4 rings (SSSR count). The number of rotatable bonds is 16. The molecule has 2 heterocycles. The van der Waals surface area contributed by atoms with E-state index in [2.05, 4.69) is 21.2 Å². The van der Waals surface area contributed by atoms with Crippen molar-refractivity contribution in [1.29, 1.82) is 0 Å². The lowest BCUT2D eigenvalue weighted by atomic mass is 10.1. The number of carbonyl (C=O) groups is 2. The Labute approximate surface area is 234 Å². The molecular weight excluding hydrogens is 512 g/mol. The van der Waals surface area contributed by atoms with Crippen molar-refractivity contribution in [2.24, 2.45) is 5.92 Å². The van der Waals surface area contributed by atoms with Crippen LogP contribution in [-0.4, -0.2) is 70.2 Å². The number of Topliss-reactive ketones (excluding diaryl/α,β-unsaturated/α-hetero) is 1. The Hall–Kier alpha value is -3.79. The highest BCUT2D eigenvalue weighted by atomic mass is 16.5. The fraction of sp³-hybridized carbons (Fsp3) is 0.500. The van der Waals surface area contributed by atoms with Crippen molar-refractivity contribution in [3.05, 3.63) is 53.5 Å². The molecule has 0 radical (unpaired) electrons. The first-order valence-electron chi connectivity index (χ1n) is 14.0. The minimum Gasteiger partial charge on any atom is -0.493 e. The van der Waals surface area contributed by atoms with Crippen molar-refractivity contribution in [1.82, 2.24) is 20.0 Å². The van der Waals surface area contributed by atoms with E-state index < -0.39 is 11.8 Å². The van der Waals surface area contributed by atoms with E-state index in [4.69, 9.17) is 19.1 Å². The zero-order valence-electron chi connectivity index (χ0n) is 23.3. The SMILES string of the molecule is Cc1cc(CCc2noc(-c3cccnc3OCC3CCCC3)n2)ccc1OCCCN(C)CCC(=O)C(=O)O. The van der Waals surface area contributed by atoms with Crippen LogP contribution in [0.15, 0.2) is 41.1 Å². The van der Waals surface area contributed by atoms with Gasteiger partial charge in [-0.1, -0.05) is 30.1 Å². The normalized spacial score (nSPS) is 13.6. The lowest BCUT2D eigenvalue weighted by Crippen LogP contribution is -2.26. The van der Waals surface area contributed by atoms with Crippen LogP contribution in [0.4, 0.5) is 0 Å². The number of hydrogen-bond acceptors (Lipinski definition) is 9. The van der Waals surface area contributed by atoms with Gasteiger partial charge in [-0.25, -0.2) is 9.78 Å². The number of carboxylic acids is 1. The van der Waals surface area contributed by atoms with Gasteiger partial charge in [0.2, 0.25) is 11.7 Å². The van der Waals surface area contributed by atoms with E-state index in [1.807, 2.05) is 43.1 Å². The Bertz CT molecular complexity index is 1270. The van der Waals surface area contributed by atoms with Gasteiger partial charge >= 0.3 is 5.97 Å². The summed E-state index contributed by atoms with van der Waals surface area (Å²) in [5.74, 6) is 0.866. The number of hydrogen-bond donors (Lipinski definition) is 1. The van der Waals surface area contributed by atoms with Crippen molar-refractivity contribution >= 4 is 11.8 Å². The van der Waals surface area contributed by atoms with Crippen LogP contribution in [0, 0.1) is 12.8 Å². The average Bonchev–Trinajstić information content (AvgIpc) is 3.65. The number of carboxylic acid groups (broad SMARTS) is 1. The summed E-state index contributed by atoms with van der Waals surface area (Å²) in [4.78, 5) is 32.8. The molecule has 0 atom stereocenters. The first kappa shape index (κ1) is 29.2. The third kappa shape index (κ3) is 8.61. The van der Waals surface area contributed by atoms with E-state index >= 15 is 0 Å². The fourth-order valence-electron chi connectivity index (χ4n) is 4.82. The molecule has 1 aliphatic carbocycles. The van der Waals surface area contributed by atoms with Gasteiger partial charge in [-0.05, 0) is 74.9 Å². The highest BCUT2D eigenvalue weighted by Gasteiger charge is 2.19. The maximum absolute atomic E-state index is 11.2. The molecule has 0 bridgehead atoms. The van der Waals surface area contributed by atoms with Gasteiger partial charge in [-0.15, -0.1) is 0 Å². The van der Waals surface area contributed by atoms with Crippen LogP contribution in [0.1, 0.15) is 55.5 Å². The molecule has 2 aromatic heterocycles. The van der Waals surface area contributed by atoms with Crippen LogP contribution in [0.3, 0.4) is 0 Å². The summed E-state index contributed by atoms with van der Waals surface area (Å²) in [6, 6.07) is 9.87. The number of pyridine rings is 1. The standard InChI is InChI=1S/C30H38N4O6/c1-21-19-22(10-12-26(21)38-18-6-16-34(2)17-14-25(35)30(36)37)11-13-27-32-29(40-33-27)24-9-5-15-31-28(24)39-20-23-7-3-4-8-23/h5,9-10,12,15,19,23H,3-4,6-8,11,13-14,16-18,20H2,1-2H3,(H,36,37). The van der Waals surface area contributed by atoms with Crippen molar-refractivity contribution in [3.63, 3.8) is 0 Å². The van der Waals surface area contributed by atoms with Crippen LogP contribution >= 0.6 is 0 Å². The van der Waals surface area contributed by atoms with E-state index in [1.165, 1.54) is 25.7 Å². The maximum atomic E-state index is 11.2. The molecule has 1 aromatic carbocycles. The number of ketones is 1. The zero-order valence-corrected chi connectivity index (χ0v) is 23.3. The summed E-state index contributed by atoms with van der Waals surface area (Å²) in [6.07, 6.45) is 8.85. The van der Waals surface area contributed by atoms with Crippen molar-refractivity contribution in [2.45, 2.75) is 58.3 Å². The fourth-order valence-corrected chi connectivity index (χ4v) is 4.82. The predicted octanol–water partition coefficient (Wildman–Crippen LogP) is 4.54. The Morgan fingerprint density at radius 2 is 1.95 bits per heavy atom. The second kappa shape index (κ2) is 14.6. The Balaban J connectivity index is 1.22. The quantitative estimate of drug-likeness (QED) is 0.200. The molecule has 0 aliphatic heterocycles. The van der Waals surface area contributed by atoms with Crippen LogP contribution < -0.4 is 9.47 Å². The van der Waals surface area contributed by atoms with Crippen LogP contribution in [0.5, 0.6) is 11.6 Å². The number of ether oxygens (including phenoxy) is 2. The lowest BCUT2D eigenvalue weighted by Gasteiger charge is -2.16. The van der Waals surface area contributed by atoms with Crippen LogP contribution in [-0.2, 0) is 22.4 Å². The molecule has 1 N–H and O–H groups in total. The minimum absolute atomic E-state index is 0.0116. The van der Waals surface area contributed by atoms with E-state index in [9.17, 15) is 9.59 Å². The largest absolute Gasteiger partial charge is 0.493 e. The van der Waals surface area contributed by atoms with Gasteiger partial charge in [0.1, 0.15) is 11.3 Å². The number of benzene rings is 1. The smallest absolute Gasteiger partial charge is 0.372 e. The monoisotopic (exact) mass is 550 g/mol. The third-order valence-electron chi connectivity index (χ3n) is 7.18. The van der Waals surface area contributed by atoms with Gasteiger partial charge < -0.3 is 24.0 Å². The third-order valence-corrected chi connectivity index (χ3v) is 7.18. The maximum Gasteiger partial charge on any atom is 0.372 e. The number of nitrogens with zero attached hydrogens (tertiary/aromatic N) is 4. The van der Waals surface area contributed by atoms with Crippen molar-refractivity contribution in [3.8, 4) is 23.1 Å². The Kier molecular flexibility index (Phi) is 10.6. The molecule has 214 valence electrons. The Morgan fingerprint density at radius 1 is 1.12 bits per heavy atom. The van der Waals surface area contributed by atoms with Gasteiger partial charge in [0.05, 0.1) is 13.2 Å². The molecule has 0 unspecified atom stereocenters. The summed E-state index contributed by atoms with van der Waals surface area (Å²) in [7, 11) is 1.86. The number of aromatic nitrogens is 3. The molecular formula is C30H38N4O6. The first-order chi connectivity index (χ1) is 19.4. The van der Waals surface area contributed by atoms with Crippen molar-refractivity contribution in [2.75, 3.05) is 33.4 Å². The zero-order chi connectivity index (χ0) is 28.3. The molecule has 10 heteroatoms. The molecule has 0 spiro atoms. The number of aryl methyl sites for hydroxylation is 3. The molecule has 0 saturated heterocycles. The number of aliphatic carboxylic acids is 1. The molecule has 1 saturated carbocycles. The summed E-state index contributed by atoms with van der Waals surface area (Å²) in [6.45, 7) is 4.34. The molecule has 40 heavy (non-hydrogen) atoms. The topological polar surface area (TPSA) is 128 Å². The van der Waals surface area contributed by atoms with Gasteiger partial charge in [0.15, 0.2) is 5.82 Å². The highest BCUT2D eigenvalue weighted by molar-refractivity contribution is 6.32. The summed E-state index contributed by atoms with van der Waals surface area (Å²) >= 11 is 0. The number of carbonyl (C=O) groups excluding carboxylic acids is 1. The van der Waals surface area contributed by atoms with E-state index in [0.717, 1.165) is 35.3 Å². The second-order valence-electron chi connectivity index (χ2n) is 10.4. The summed E-state index contributed by atoms with van der Waals surface area (Å²) < 4.78 is 17.5. The van der Waals surface area contributed by atoms with Crippen LogP contribution in [0.25, 0.3) is 11.5 Å². The van der Waals surface area contributed by atoms with Crippen LogP contribution in [0.2, 0.25) is 0 Å². The molecule has 0 amide bonds. The van der Waals surface area contributed by atoms with E-state index in [1.54, 1.807) is 6.20 Å². The Morgan fingerprint density at radius 3 is 2.73 bits per heavy atom. The van der Waals surface area contributed by atoms with Gasteiger partial charge in [0.25, 0.3) is 5.89 Å². The van der Waals surface area contributed by atoms with Gasteiger partial charge in [-0.2, -0.15) is 4.98 Å². The first-order valence-corrected chi connectivity index (χ1v) is 14.0. The summed E-state index contributed by atoms with van der Waals surface area (Å²) in [5, 5.41) is 12.8. The van der Waals surface area contributed by atoms with E-state index in [-0.39, 0.29) is 6.42 Å². The highest BCUT2D eigenvalue weighted by Crippen LogP contribution is 2.30.